The first-order valence-corrected chi connectivity index (χ1v) is 8.33. The van der Waals surface area contributed by atoms with Crippen LogP contribution in [-0.4, -0.2) is 48.6 Å². The van der Waals surface area contributed by atoms with Crippen molar-refractivity contribution in [3.05, 3.63) is 29.6 Å². The zero-order valence-electron chi connectivity index (χ0n) is 14.5. The van der Waals surface area contributed by atoms with Crippen LogP contribution in [0.4, 0.5) is 0 Å². The third kappa shape index (κ3) is 6.63. The van der Waals surface area contributed by atoms with E-state index in [0.717, 1.165) is 11.7 Å². The fourth-order valence-corrected chi connectivity index (χ4v) is 2.88. The molecule has 0 spiro atoms. The summed E-state index contributed by atoms with van der Waals surface area (Å²) >= 11 is 0. The monoisotopic (exact) mass is 431 g/mol. The molecule has 1 fully saturated rings. The Kier molecular flexibility index (Phi) is 9.47. The van der Waals surface area contributed by atoms with Gasteiger partial charge < -0.3 is 15.5 Å². The molecule has 1 saturated heterocycles. The van der Waals surface area contributed by atoms with E-state index in [-0.39, 0.29) is 24.0 Å². The third-order valence-corrected chi connectivity index (χ3v) is 4.23. The van der Waals surface area contributed by atoms with Crippen molar-refractivity contribution in [3.8, 4) is 0 Å². The molecule has 0 atom stereocenters. The molecule has 2 N–H and O–H groups in total. The van der Waals surface area contributed by atoms with E-state index in [1.165, 1.54) is 44.5 Å². The van der Waals surface area contributed by atoms with Gasteiger partial charge in [0, 0.05) is 32.4 Å². The van der Waals surface area contributed by atoms with E-state index in [4.69, 9.17) is 0 Å². The summed E-state index contributed by atoms with van der Waals surface area (Å²) in [6.45, 7) is 8.63. The second kappa shape index (κ2) is 10.8. The van der Waals surface area contributed by atoms with Crippen molar-refractivity contribution in [2.75, 3.05) is 26.7 Å². The number of rotatable bonds is 5. The smallest absolute Gasteiger partial charge is 0.191 e. The average molecular weight is 431 g/mol. The molecule has 1 aromatic heterocycles. The minimum Gasteiger partial charge on any atom is -0.354 e. The summed E-state index contributed by atoms with van der Waals surface area (Å²) in [4.78, 5) is 11.3. The zero-order chi connectivity index (χ0) is 15.8. The zero-order valence-corrected chi connectivity index (χ0v) is 16.8. The minimum atomic E-state index is 0. The van der Waals surface area contributed by atoms with Gasteiger partial charge in [-0.3, -0.25) is 9.98 Å². The van der Waals surface area contributed by atoms with E-state index in [9.17, 15) is 0 Å². The number of guanidine groups is 1. The Balaban J connectivity index is 0.00000264. The lowest BCUT2D eigenvalue weighted by Crippen LogP contribution is -2.48. The van der Waals surface area contributed by atoms with Crippen molar-refractivity contribution in [3.63, 3.8) is 0 Å². The SMILES string of the molecule is CCCN1CCC(NC(=NC)NCc2ncccc2C)CC1.I. The molecule has 0 amide bonds. The molecular formula is C17H30IN5. The van der Waals surface area contributed by atoms with Crippen molar-refractivity contribution in [2.24, 2.45) is 4.99 Å². The van der Waals surface area contributed by atoms with E-state index >= 15 is 0 Å². The van der Waals surface area contributed by atoms with Crippen LogP contribution in [-0.2, 0) is 6.54 Å². The fraction of sp³-hybridized carbons (Fsp3) is 0.647. The highest BCUT2D eigenvalue weighted by Gasteiger charge is 2.19. The molecule has 23 heavy (non-hydrogen) atoms. The van der Waals surface area contributed by atoms with Crippen LogP contribution in [0.1, 0.15) is 37.4 Å². The molecular weight excluding hydrogens is 401 g/mol. The van der Waals surface area contributed by atoms with Gasteiger partial charge in [0.25, 0.3) is 0 Å². The van der Waals surface area contributed by atoms with Gasteiger partial charge in [0.05, 0.1) is 12.2 Å². The van der Waals surface area contributed by atoms with E-state index in [2.05, 4.69) is 45.4 Å². The van der Waals surface area contributed by atoms with Crippen LogP contribution in [0.3, 0.4) is 0 Å². The molecule has 0 unspecified atom stereocenters. The molecule has 130 valence electrons. The highest BCUT2D eigenvalue weighted by molar-refractivity contribution is 14.0. The summed E-state index contributed by atoms with van der Waals surface area (Å²) in [7, 11) is 1.83. The Labute approximate surface area is 157 Å². The lowest BCUT2D eigenvalue weighted by atomic mass is 10.1. The molecule has 1 aliphatic rings. The number of pyridine rings is 1. The van der Waals surface area contributed by atoms with Crippen LogP contribution in [0.25, 0.3) is 0 Å². The quantitative estimate of drug-likeness (QED) is 0.428. The van der Waals surface area contributed by atoms with Gasteiger partial charge in [-0.1, -0.05) is 13.0 Å². The number of nitrogens with one attached hydrogen (secondary N) is 2. The van der Waals surface area contributed by atoms with Gasteiger partial charge >= 0.3 is 0 Å². The standard InChI is InChI=1S/C17H29N5.HI/c1-4-10-22-11-7-15(8-12-22)21-17(18-3)20-13-16-14(2)6-5-9-19-16;/h5-6,9,15H,4,7-8,10-13H2,1-3H3,(H2,18,20,21);1H. The van der Waals surface area contributed by atoms with Gasteiger partial charge in [-0.25, -0.2) is 0 Å². The van der Waals surface area contributed by atoms with Crippen LogP contribution in [0.5, 0.6) is 0 Å². The number of hydrogen-bond donors (Lipinski definition) is 2. The lowest BCUT2D eigenvalue weighted by molar-refractivity contribution is 0.206. The van der Waals surface area contributed by atoms with Crippen molar-refractivity contribution in [2.45, 2.75) is 45.7 Å². The predicted molar refractivity (Wildman–Crippen MR) is 107 cm³/mol. The van der Waals surface area contributed by atoms with Gasteiger partial charge in [0.15, 0.2) is 5.96 Å². The molecule has 0 aliphatic carbocycles. The summed E-state index contributed by atoms with van der Waals surface area (Å²) in [5.41, 5.74) is 2.28. The fourth-order valence-electron chi connectivity index (χ4n) is 2.88. The lowest BCUT2D eigenvalue weighted by Gasteiger charge is -2.32. The predicted octanol–water partition coefficient (Wildman–Crippen LogP) is 2.55. The normalized spacial score (nSPS) is 16.7. The average Bonchev–Trinajstić information content (AvgIpc) is 2.54. The van der Waals surface area contributed by atoms with E-state index in [0.29, 0.717) is 12.6 Å². The van der Waals surface area contributed by atoms with Gasteiger partial charge in [-0.15, -0.1) is 24.0 Å². The summed E-state index contributed by atoms with van der Waals surface area (Å²) in [6.07, 6.45) is 5.45. The van der Waals surface area contributed by atoms with Crippen molar-refractivity contribution < 1.29 is 0 Å². The third-order valence-electron chi connectivity index (χ3n) is 4.23. The molecule has 2 rings (SSSR count). The van der Waals surface area contributed by atoms with Crippen molar-refractivity contribution in [1.29, 1.82) is 0 Å². The first kappa shape index (κ1) is 20.2. The van der Waals surface area contributed by atoms with Crippen LogP contribution in [0.15, 0.2) is 23.3 Å². The maximum absolute atomic E-state index is 4.41. The van der Waals surface area contributed by atoms with Crippen LogP contribution >= 0.6 is 24.0 Å². The molecule has 1 aromatic rings. The Bertz CT molecular complexity index is 484. The Morgan fingerprint density at radius 3 is 2.74 bits per heavy atom. The molecule has 0 radical (unpaired) electrons. The van der Waals surface area contributed by atoms with E-state index in [1.807, 2.05) is 19.3 Å². The summed E-state index contributed by atoms with van der Waals surface area (Å²) in [6, 6.07) is 4.57. The molecule has 0 bridgehead atoms. The summed E-state index contributed by atoms with van der Waals surface area (Å²) in [5.74, 6) is 0.874. The first-order chi connectivity index (χ1) is 10.7. The number of aryl methyl sites for hydroxylation is 1. The maximum atomic E-state index is 4.41. The van der Waals surface area contributed by atoms with Gasteiger partial charge in [-0.2, -0.15) is 0 Å². The second-order valence-corrected chi connectivity index (χ2v) is 5.95. The number of aromatic nitrogens is 1. The summed E-state index contributed by atoms with van der Waals surface area (Å²) < 4.78 is 0. The van der Waals surface area contributed by atoms with Gasteiger partial charge in [0.1, 0.15) is 0 Å². The summed E-state index contributed by atoms with van der Waals surface area (Å²) in [5, 5.41) is 6.92. The highest BCUT2D eigenvalue weighted by Crippen LogP contribution is 2.10. The Morgan fingerprint density at radius 1 is 1.39 bits per heavy atom. The van der Waals surface area contributed by atoms with E-state index < -0.39 is 0 Å². The first-order valence-electron chi connectivity index (χ1n) is 8.33. The largest absolute Gasteiger partial charge is 0.354 e. The topological polar surface area (TPSA) is 52.5 Å². The highest BCUT2D eigenvalue weighted by atomic mass is 127. The molecule has 1 aliphatic heterocycles. The Hall–Kier alpha value is -0.890. The van der Waals surface area contributed by atoms with Gasteiger partial charge in [-0.05, 0) is 44.4 Å². The van der Waals surface area contributed by atoms with Crippen molar-refractivity contribution >= 4 is 29.9 Å². The maximum Gasteiger partial charge on any atom is 0.191 e. The molecule has 6 heteroatoms. The number of nitrogens with zero attached hydrogens (tertiary/aromatic N) is 3. The van der Waals surface area contributed by atoms with Crippen molar-refractivity contribution in [1.82, 2.24) is 20.5 Å². The number of piperidine rings is 1. The minimum absolute atomic E-state index is 0. The number of aliphatic imine (C=N–C) groups is 1. The number of halogens is 1. The number of hydrogen-bond acceptors (Lipinski definition) is 3. The molecule has 0 saturated carbocycles. The molecule has 2 heterocycles. The van der Waals surface area contributed by atoms with Crippen LogP contribution in [0.2, 0.25) is 0 Å². The van der Waals surface area contributed by atoms with Crippen LogP contribution in [0, 0.1) is 6.92 Å². The van der Waals surface area contributed by atoms with Gasteiger partial charge in [0.2, 0.25) is 0 Å². The van der Waals surface area contributed by atoms with Crippen LogP contribution < -0.4 is 10.6 Å². The second-order valence-electron chi connectivity index (χ2n) is 5.95. The van der Waals surface area contributed by atoms with E-state index in [1.54, 1.807) is 0 Å². The molecule has 0 aromatic carbocycles. The Morgan fingerprint density at radius 2 is 2.13 bits per heavy atom. The molecule has 5 nitrogen and oxygen atoms in total. The number of likely N-dealkylation sites (tertiary alicyclic amines) is 1.